The van der Waals surface area contributed by atoms with Crippen LogP contribution in [0.1, 0.15) is 76.7 Å². The zero-order valence-electron chi connectivity index (χ0n) is 24.3. The maximum atomic E-state index is 13.5. The van der Waals surface area contributed by atoms with Crippen LogP contribution in [0.4, 0.5) is 0 Å². The van der Waals surface area contributed by atoms with E-state index in [4.69, 9.17) is 18.6 Å². The fraction of sp³-hybridized carbons (Fsp3) is 0.774. The molecule has 1 saturated heterocycles. The van der Waals surface area contributed by atoms with E-state index >= 15 is 0 Å². The first-order valence-electron chi connectivity index (χ1n) is 15.1. The van der Waals surface area contributed by atoms with Crippen LogP contribution in [-0.2, 0) is 23.8 Å². The number of carbonyl (C=O) groups excluding carboxylic acids is 2. The minimum atomic E-state index is -1.40. The van der Waals surface area contributed by atoms with Crippen LogP contribution in [0, 0.1) is 22.7 Å². The molecule has 1 aliphatic heterocycles. The van der Waals surface area contributed by atoms with Gasteiger partial charge in [0.2, 0.25) is 0 Å². The minimum absolute atomic E-state index is 0.0603. The summed E-state index contributed by atoms with van der Waals surface area (Å²) in [5.74, 6) is -1.47. The van der Waals surface area contributed by atoms with E-state index in [2.05, 4.69) is 0 Å². The van der Waals surface area contributed by atoms with Crippen molar-refractivity contribution in [3.63, 3.8) is 0 Å². The Hall–Kier alpha value is -1.99. The first kappa shape index (κ1) is 30.1. The molecule has 11 nitrogen and oxygen atoms in total. The molecule has 42 heavy (non-hydrogen) atoms. The molecule has 0 amide bonds. The highest BCUT2D eigenvalue weighted by atomic mass is 16.7. The largest absolute Gasteiger partial charge is 0.431 e. The second kappa shape index (κ2) is 10.3. The molecule has 232 valence electrons. The maximum Gasteiger partial charge on any atom is 0.335 e. The number of Topliss-reactive ketones (excluding diaryl/α,β-unsaturated/α-hetero) is 1. The Morgan fingerprint density at radius 1 is 1.02 bits per heavy atom. The quantitative estimate of drug-likeness (QED) is 0.287. The number of aldehydes is 1. The molecule has 13 unspecified atom stereocenters. The molecule has 13 atom stereocenters. The van der Waals surface area contributed by atoms with Crippen molar-refractivity contribution in [3.8, 4) is 0 Å². The standard InChI is InChI=1S/C31H42O11/c1-16-24(35)26(39-3)25(36)27(41-16)42-18-6-10-29(15-32)19-7-9-28(2)23(17-4-5-22(34)40-14-17)21(33)13-31(28,38)20(19)8-11-30(29,37)12-18/h4-5,14-16,18-20,23-27,35-38H,6-13H2,1-3H3. The van der Waals surface area contributed by atoms with Crippen molar-refractivity contribution in [2.24, 2.45) is 22.7 Å². The Morgan fingerprint density at radius 2 is 1.76 bits per heavy atom. The Kier molecular flexibility index (Phi) is 7.36. The summed E-state index contributed by atoms with van der Waals surface area (Å²) in [6.45, 7) is 3.59. The van der Waals surface area contributed by atoms with Gasteiger partial charge in [-0.25, -0.2) is 4.79 Å². The number of fused-ring (bicyclic) bond motifs is 5. The molecule has 1 aromatic heterocycles. The van der Waals surface area contributed by atoms with E-state index < -0.39 is 70.4 Å². The van der Waals surface area contributed by atoms with Gasteiger partial charge in [-0.1, -0.05) is 6.92 Å². The fourth-order valence-electron chi connectivity index (χ4n) is 9.73. The number of ether oxygens (including phenoxy) is 3. The average molecular weight is 591 g/mol. The molecular weight excluding hydrogens is 548 g/mol. The lowest BCUT2D eigenvalue weighted by Gasteiger charge is -2.65. The summed E-state index contributed by atoms with van der Waals surface area (Å²) < 4.78 is 22.3. The van der Waals surface area contributed by atoms with Crippen molar-refractivity contribution in [2.45, 2.75) is 119 Å². The second-order valence-electron chi connectivity index (χ2n) is 13.7. The number of aliphatic hydroxyl groups excluding tert-OH is 2. The molecule has 5 fully saturated rings. The normalized spacial score (nSPS) is 50.5. The maximum absolute atomic E-state index is 13.5. The Morgan fingerprint density at radius 3 is 2.43 bits per heavy atom. The Bertz CT molecular complexity index is 1260. The van der Waals surface area contributed by atoms with Gasteiger partial charge in [0, 0.05) is 31.4 Å². The van der Waals surface area contributed by atoms with Gasteiger partial charge in [-0.05, 0) is 68.9 Å². The molecule has 1 aromatic rings. The average Bonchev–Trinajstić information content (AvgIpc) is 3.16. The number of hydrogen-bond donors (Lipinski definition) is 4. The molecule has 4 N–H and O–H groups in total. The lowest BCUT2D eigenvalue weighted by molar-refractivity contribution is -0.319. The summed E-state index contributed by atoms with van der Waals surface area (Å²) in [4.78, 5) is 38.1. The van der Waals surface area contributed by atoms with Gasteiger partial charge in [-0.15, -0.1) is 0 Å². The van der Waals surface area contributed by atoms with Crippen molar-refractivity contribution in [1.29, 1.82) is 0 Å². The molecule has 5 aliphatic rings. The van der Waals surface area contributed by atoms with Gasteiger partial charge in [0.1, 0.15) is 30.4 Å². The molecule has 4 saturated carbocycles. The van der Waals surface area contributed by atoms with Crippen LogP contribution >= 0.6 is 0 Å². The van der Waals surface area contributed by atoms with Gasteiger partial charge >= 0.3 is 5.63 Å². The van der Waals surface area contributed by atoms with E-state index in [9.17, 15) is 34.8 Å². The van der Waals surface area contributed by atoms with Crippen LogP contribution in [-0.4, -0.2) is 87.6 Å². The third-order valence-electron chi connectivity index (χ3n) is 12.0. The highest BCUT2D eigenvalue weighted by Gasteiger charge is 2.73. The third-order valence-corrected chi connectivity index (χ3v) is 12.0. The number of hydrogen-bond acceptors (Lipinski definition) is 11. The van der Waals surface area contributed by atoms with Gasteiger partial charge < -0.3 is 43.8 Å². The first-order chi connectivity index (χ1) is 19.8. The number of rotatable bonds is 5. The molecule has 0 bridgehead atoms. The van der Waals surface area contributed by atoms with Crippen LogP contribution in [0.3, 0.4) is 0 Å². The van der Waals surface area contributed by atoms with E-state index in [1.807, 2.05) is 6.92 Å². The summed E-state index contributed by atoms with van der Waals surface area (Å²) >= 11 is 0. The molecule has 0 spiro atoms. The van der Waals surface area contributed by atoms with Crippen molar-refractivity contribution in [1.82, 2.24) is 0 Å². The molecule has 11 heteroatoms. The van der Waals surface area contributed by atoms with E-state index in [1.54, 1.807) is 13.0 Å². The van der Waals surface area contributed by atoms with Gasteiger partial charge in [0.05, 0.1) is 41.0 Å². The van der Waals surface area contributed by atoms with Gasteiger partial charge in [0.25, 0.3) is 0 Å². The smallest absolute Gasteiger partial charge is 0.335 e. The van der Waals surface area contributed by atoms with Crippen molar-refractivity contribution in [3.05, 3.63) is 34.4 Å². The number of ketones is 1. The minimum Gasteiger partial charge on any atom is -0.431 e. The monoisotopic (exact) mass is 590 g/mol. The van der Waals surface area contributed by atoms with E-state index in [-0.39, 0.29) is 36.9 Å². The molecule has 4 aliphatic carbocycles. The summed E-state index contributed by atoms with van der Waals surface area (Å²) in [5, 5.41) is 45.6. The van der Waals surface area contributed by atoms with Crippen molar-refractivity contribution in [2.75, 3.05) is 7.11 Å². The van der Waals surface area contributed by atoms with Crippen LogP contribution in [0.15, 0.2) is 27.6 Å². The van der Waals surface area contributed by atoms with E-state index in [1.165, 1.54) is 19.4 Å². The third kappa shape index (κ3) is 4.08. The van der Waals surface area contributed by atoms with Crippen LogP contribution < -0.4 is 5.63 Å². The Balaban J connectivity index is 1.25. The summed E-state index contributed by atoms with van der Waals surface area (Å²) in [5.41, 5.74) is -4.68. The predicted octanol–water partition coefficient (Wildman–Crippen LogP) is 1.22. The second-order valence-corrected chi connectivity index (χ2v) is 13.7. The fourth-order valence-corrected chi connectivity index (χ4v) is 9.73. The highest BCUT2D eigenvalue weighted by Crippen LogP contribution is 2.70. The topological polar surface area (TPSA) is 173 Å². The summed E-state index contributed by atoms with van der Waals surface area (Å²) in [6, 6.07) is 2.88. The number of methoxy groups -OCH3 is 1. The van der Waals surface area contributed by atoms with Gasteiger partial charge in [-0.3, -0.25) is 4.79 Å². The van der Waals surface area contributed by atoms with E-state index in [0.29, 0.717) is 37.7 Å². The van der Waals surface area contributed by atoms with Crippen LogP contribution in [0.2, 0.25) is 0 Å². The molecule has 6 rings (SSSR count). The lowest BCUT2D eigenvalue weighted by atomic mass is 9.41. The van der Waals surface area contributed by atoms with Gasteiger partial charge in [0.15, 0.2) is 6.29 Å². The summed E-state index contributed by atoms with van der Waals surface area (Å²) in [7, 11) is 1.40. The number of carbonyl (C=O) groups is 2. The van der Waals surface area contributed by atoms with Crippen molar-refractivity contribution < 1.29 is 48.6 Å². The first-order valence-corrected chi connectivity index (χ1v) is 15.1. The van der Waals surface area contributed by atoms with Crippen LogP contribution in [0.5, 0.6) is 0 Å². The zero-order valence-corrected chi connectivity index (χ0v) is 24.3. The molecule has 0 aromatic carbocycles. The predicted molar refractivity (Wildman–Crippen MR) is 145 cm³/mol. The lowest BCUT2D eigenvalue weighted by Crippen LogP contribution is -2.69. The van der Waals surface area contributed by atoms with Crippen molar-refractivity contribution >= 4 is 12.1 Å². The SMILES string of the molecule is COC1C(O)C(C)OC(OC2CCC3(C=O)C4CCC5(C)C(c6ccc(=O)oc6)C(=O)CC5(O)C4CCC3(O)C2)C1O. The molecular formula is C31H42O11. The molecule has 2 heterocycles. The Labute approximate surface area is 244 Å². The number of aliphatic hydroxyl groups is 4. The highest BCUT2D eigenvalue weighted by molar-refractivity contribution is 5.91. The summed E-state index contributed by atoms with van der Waals surface area (Å²) in [6.07, 6.45) is -0.670. The molecule has 0 radical (unpaired) electrons. The van der Waals surface area contributed by atoms with Gasteiger partial charge in [-0.2, -0.15) is 0 Å². The van der Waals surface area contributed by atoms with Crippen LogP contribution in [0.25, 0.3) is 0 Å². The van der Waals surface area contributed by atoms with E-state index in [0.717, 1.165) is 6.29 Å². The zero-order chi connectivity index (χ0) is 30.2.